The van der Waals surface area contributed by atoms with E-state index in [1.165, 1.54) is 11.9 Å². The van der Waals surface area contributed by atoms with Crippen LogP contribution >= 0.6 is 66.7 Å². The van der Waals surface area contributed by atoms with Gasteiger partial charge in [-0.2, -0.15) is 0 Å². The summed E-state index contributed by atoms with van der Waals surface area (Å²) in [5.41, 5.74) is 1.07. The fourth-order valence-electron chi connectivity index (χ4n) is 2.55. The molecule has 1 atom stereocenters. The van der Waals surface area contributed by atoms with Crippen molar-refractivity contribution in [2.75, 3.05) is 17.3 Å². The van der Waals surface area contributed by atoms with Crippen molar-refractivity contribution in [3.63, 3.8) is 0 Å². The monoisotopic (exact) mass is 580 g/mol. The van der Waals surface area contributed by atoms with E-state index in [1.807, 2.05) is 0 Å². The number of urea groups is 1. The van der Waals surface area contributed by atoms with Crippen molar-refractivity contribution in [3.05, 3.63) is 57.5 Å². The molecular weight excluding hydrogens is 570 g/mol. The Hall–Kier alpha value is -1.32. The fourth-order valence-corrected chi connectivity index (χ4v) is 3.48. The molecule has 2 aromatic rings. The Morgan fingerprint density at radius 3 is 2.28 bits per heavy atom. The van der Waals surface area contributed by atoms with Gasteiger partial charge in [-0.15, -0.1) is 0 Å². The van der Waals surface area contributed by atoms with Crippen LogP contribution < -0.4 is 10.2 Å². The molecule has 6 nitrogen and oxygen atoms in total. The lowest BCUT2D eigenvalue weighted by atomic mass is 10.3. The van der Waals surface area contributed by atoms with Gasteiger partial charge in [0.25, 0.3) is 5.91 Å². The van der Waals surface area contributed by atoms with Crippen LogP contribution in [0.2, 0.25) is 0 Å². The summed E-state index contributed by atoms with van der Waals surface area (Å²) in [6, 6.07) is 13.4. The van der Waals surface area contributed by atoms with Crippen molar-refractivity contribution in [2.24, 2.45) is 4.99 Å². The van der Waals surface area contributed by atoms with Gasteiger partial charge in [-0.3, -0.25) is 9.69 Å². The van der Waals surface area contributed by atoms with Crippen molar-refractivity contribution in [2.45, 2.75) is 9.96 Å². The standard InChI is InChI=1S/C18H13Br2Cl3N4O2/c1-26-15(28)14(27(17(26)29)11-5-3-2-4-6-11)25-16(18(21,22)23)24-10-7-8-12(19)13(20)9-10/h2-9,16,24H,1H3. The molecule has 2 aromatic carbocycles. The lowest BCUT2D eigenvalue weighted by Gasteiger charge is -2.24. The third-order valence-electron chi connectivity index (χ3n) is 3.98. The molecule has 0 aromatic heterocycles. The fraction of sp³-hybridized carbons (Fsp3) is 0.167. The number of rotatable bonds is 4. The SMILES string of the molecule is CN1C(=O)C(=NC(Nc2ccc(Br)c(Br)c2)C(Cl)(Cl)Cl)N(c2ccccc2)C1=O. The molecule has 1 aliphatic rings. The average Bonchev–Trinajstić information content (AvgIpc) is 2.88. The second-order valence-corrected chi connectivity index (χ2v) is 10.1. The third kappa shape index (κ3) is 4.88. The number of para-hydroxylation sites is 1. The van der Waals surface area contributed by atoms with Crippen LogP contribution in [0.1, 0.15) is 0 Å². The molecule has 1 saturated heterocycles. The van der Waals surface area contributed by atoms with Crippen LogP contribution in [0.15, 0.2) is 62.5 Å². The van der Waals surface area contributed by atoms with E-state index in [0.717, 1.165) is 13.8 Å². The van der Waals surface area contributed by atoms with Crippen LogP contribution in [-0.4, -0.2) is 39.7 Å². The molecule has 152 valence electrons. The van der Waals surface area contributed by atoms with Gasteiger partial charge in [-0.05, 0) is 62.2 Å². The molecule has 1 aliphatic heterocycles. The van der Waals surface area contributed by atoms with Crippen molar-refractivity contribution < 1.29 is 9.59 Å². The zero-order chi connectivity index (χ0) is 21.3. The molecule has 3 amide bonds. The second kappa shape index (κ2) is 8.81. The molecule has 0 radical (unpaired) electrons. The number of anilines is 2. The number of halogens is 5. The van der Waals surface area contributed by atoms with Gasteiger partial charge in [0.15, 0.2) is 6.17 Å². The van der Waals surface area contributed by atoms with Crippen LogP contribution in [0.4, 0.5) is 16.2 Å². The van der Waals surface area contributed by atoms with E-state index < -0.39 is 21.9 Å². The van der Waals surface area contributed by atoms with E-state index in [2.05, 4.69) is 42.2 Å². The van der Waals surface area contributed by atoms with Gasteiger partial charge in [0.1, 0.15) is 0 Å². The normalized spacial score (nSPS) is 17.2. The highest BCUT2D eigenvalue weighted by molar-refractivity contribution is 9.13. The van der Waals surface area contributed by atoms with E-state index in [1.54, 1.807) is 48.5 Å². The van der Waals surface area contributed by atoms with E-state index in [9.17, 15) is 9.59 Å². The Morgan fingerprint density at radius 1 is 1.03 bits per heavy atom. The van der Waals surface area contributed by atoms with Gasteiger partial charge >= 0.3 is 6.03 Å². The topological polar surface area (TPSA) is 65.0 Å². The Morgan fingerprint density at radius 2 is 1.69 bits per heavy atom. The number of hydrogen-bond donors (Lipinski definition) is 1. The number of carbonyl (C=O) groups is 2. The first-order valence-electron chi connectivity index (χ1n) is 8.13. The number of aliphatic imine (C=N–C) groups is 1. The van der Waals surface area contributed by atoms with Crippen LogP contribution in [0.25, 0.3) is 0 Å². The Bertz CT molecular complexity index is 983. The highest BCUT2D eigenvalue weighted by Gasteiger charge is 2.43. The number of amidine groups is 1. The maximum atomic E-state index is 12.7. The van der Waals surface area contributed by atoms with Gasteiger partial charge in [0, 0.05) is 21.7 Å². The van der Waals surface area contributed by atoms with Gasteiger partial charge in [0.05, 0.1) is 5.69 Å². The van der Waals surface area contributed by atoms with Crippen LogP contribution in [-0.2, 0) is 4.79 Å². The Labute approximate surface area is 199 Å². The number of likely N-dealkylation sites (N-methyl/N-ethyl adjacent to an activating group) is 1. The summed E-state index contributed by atoms with van der Waals surface area (Å²) in [5, 5.41) is 2.99. The highest BCUT2D eigenvalue weighted by atomic mass is 79.9. The minimum absolute atomic E-state index is 0.149. The summed E-state index contributed by atoms with van der Waals surface area (Å²) in [4.78, 5) is 31.8. The average molecular weight is 583 g/mol. The number of nitrogens with one attached hydrogen (secondary N) is 1. The zero-order valence-corrected chi connectivity index (χ0v) is 20.2. The lowest BCUT2D eigenvalue weighted by molar-refractivity contribution is -0.119. The summed E-state index contributed by atoms with van der Waals surface area (Å²) < 4.78 is -0.288. The molecule has 11 heteroatoms. The molecule has 29 heavy (non-hydrogen) atoms. The number of nitrogens with zero attached hydrogens (tertiary/aromatic N) is 3. The van der Waals surface area contributed by atoms with Gasteiger partial charge in [-0.25, -0.2) is 14.7 Å². The van der Waals surface area contributed by atoms with Crippen LogP contribution in [0.5, 0.6) is 0 Å². The van der Waals surface area contributed by atoms with Gasteiger partial charge < -0.3 is 5.32 Å². The zero-order valence-electron chi connectivity index (χ0n) is 14.7. The Balaban J connectivity index is 2.03. The van der Waals surface area contributed by atoms with Crippen molar-refractivity contribution in [3.8, 4) is 0 Å². The molecule has 1 N–H and O–H groups in total. The van der Waals surface area contributed by atoms with E-state index in [-0.39, 0.29) is 5.84 Å². The van der Waals surface area contributed by atoms with Crippen molar-refractivity contribution in [1.82, 2.24) is 4.90 Å². The molecule has 0 spiro atoms. The summed E-state index contributed by atoms with van der Waals surface area (Å²) in [5.74, 6) is -0.749. The summed E-state index contributed by atoms with van der Waals surface area (Å²) in [7, 11) is 1.37. The molecule has 1 heterocycles. The molecule has 0 saturated carbocycles. The highest BCUT2D eigenvalue weighted by Crippen LogP contribution is 2.35. The number of carbonyl (C=O) groups excluding carboxylic acids is 2. The number of amides is 3. The van der Waals surface area contributed by atoms with Crippen LogP contribution in [0, 0.1) is 0 Å². The smallest absolute Gasteiger partial charge is 0.337 e. The first-order chi connectivity index (χ1) is 13.6. The Kier molecular flexibility index (Phi) is 6.80. The van der Waals surface area contributed by atoms with Crippen molar-refractivity contribution >= 4 is 95.8 Å². The largest absolute Gasteiger partial charge is 0.360 e. The minimum Gasteiger partial charge on any atom is -0.360 e. The number of imide groups is 1. The number of hydrogen-bond acceptors (Lipinski definition) is 4. The quantitative estimate of drug-likeness (QED) is 0.365. The molecule has 1 unspecified atom stereocenters. The summed E-state index contributed by atoms with van der Waals surface area (Å²) >= 11 is 25.2. The third-order valence-corrected chi connectivity index (χ3v) is 6.48. The predicted molar refractivity (Wildman–Crippen MR) is 124 cm³/mol. The summed E-state index contributed by atoms with van der Waals surface area (Å²) in [6.45, 7) is 0. The van der Waals surface area contributed by atoms with E-state index >= 15 is 0 Å². The first-order valence-corrected chi connectivity index (χ1v) is 10.8. The van der Waals surface area contributed by atoms with Gasteiger partial charge in [-0.1, -0.05) is 53.0 Å². The van der Waals surface area contributed by atoms with Crippen LogP contribution in [0.3, 0.4) is 0 Å². The van der Waals surface area contributed by atoms with E-state index in [4.69, 9.17) is 34.8 Å². The van der Waals surface area contributed by atoms with Gasteiger partial charge in [0.2, 0.25) is 9.63 Å². The maximum Gasteiger partial charge on any atom is 0.337 e. The molecule has 0 bridgehead atoms. The second-order valence-electron chi connectivity index (χ2n) is 5.99. The molecule has 1 fully saturated rings. The number of benzene rings is 2. The number of alkyl halides is 3. The molecule has 0 aliphatic carbocycles. The van der Waals surface area contributed by atoms with Crippen molar-refractivity contribution in [1.29, 1.82) is 0 Å². The lowest BCUT2D eigenvalue weighted by Crippen LogP contribution is -2.37. The minimum atomic E-state index is -1.90. The maximum absolute atomic E-state index is 12.7. The van der Waals surface area contributed by atoms with E-state index in [0.29, 0.717) is 11.4 Å². The summed E-state index contributed by atoms with van der Waals surface area (Å²) in [6.07, 6.45) is -1.15. The predicted octanol–water partition coefficient (Wildman–Crippen LogP) is 5.82. The molecule has 3 rings (SSSR count). The molecular formula is C18H13Br2Cl3N4O2. The first kappa shape index (κ1) is 22.4.